The van der Waals surface area contributed by atoms with Crippen LogP contribution in [-0.2, 0) is 11.3 Å². The Labute approximate surface area is 115 Å². The van der Waals surface area contributed by atoms with Crippen LogP contribution in [0, 0.1) is 0 Å². The molecule has 1 aromatic carbocycles. The number of nitrogens with zero attached hydrogens (tertiary/aromatic N) is 2. The molecule has 0 aromatic heterocycles. The van der Waals surface area contributed by atoms with Crippen LogP contribution < -0.4 is 0 Å². The van der Waals surface area contributed by atoms with Crippen molar-refractivity contribution < 1.29 is 9.90 Å². The third-order valence-electron chi connectivity index (χ3n) is 3.02. The molecule has 1 amide bonds. The lowest BCUT2D eigenvalue weighted by atomic mass is 10.2. The van der Waals surface area contributed by atoms with Crippen molar-refractivity contribution in [2.24, 2.45) is 0 Å². The van der Waals surface area contributed by atoms with Gasteiger partial charge in [0.2, 0.25) is 5.91 Å². The lowest BCUT2D eigenvalue weighted by Gasteiger charge is -2.22. The van der Waals surface area contributed by atoms with Crippen LogP contribution in [0.2, 0.25) is 0 Å². The van der Waals surface area contributed by atoms with Crippen LogP contribution in [-0.4, -0.2) is 54.1 Å². The summed E-state index contributed by atoms with van der Waals surface area (Å²) < 4.78 is 0. The molecule has 0 heterocycles. The first-order valence-corrected chi connectivity index (χ1v) is 6.63. The van der Waals surface area contributed by atoms with Crippen LogP contribution in [0.4, 0.5) is 0 Å². The van der Waals surface area contributed by atoms with Crippen LogP contribution >= 0.6 is 0 Å². The molecule has 0 aliphatic carbocycles. The van der Waals surface area contributed by atoms with E-state index in [2.05, 4.69) is 0 Å². The average Bonchev–Trinajstić information content (AvgIpc) is 2.37. The summed E-state index contributed by atoms with van der Waals surface area (Å²) in [6.45, 7) is 3.50. The zero-order valence-electron chi connectivity index (χ0n) is 12.0. The van der Waals surface area contributed by atoms with Gasteiger partial charge in [0.25, 0.3) is 0 Å². The second-order valence-corrected chi connectivity index (χ2v) is 5.11. The molecule has 1 unspecified atom stereocenters. The van der Waals surface area contributed by atoms with Gasteiger partial charge in [-0.2, -0.15) is 0 Å². The van der Waals surface area contributed by atoms with E-state index in [1.165, 1.54) is 0 Å². The van der Waals surface area contributed by atoms with E-state index in [1.54, 1.807) is 11.8 Å². The number of carbonyl (C=O) groups excluding carboxylic acids is 1. The van der Waals surface area contributed by atoms with Gasteiger partial charge in [0.05, 0.1) is 12.6 Å². The van der Waals surface area contributed by atoms with Gasteiger partial charge in [-0.05, 0) is 26.0 Å². The highest BCUT2D eigenvalue weighted by Crippen LogP contribution is 2.03. The number of hydrogen-bond donors (Lipinski definition) is 1. The monoisotopic (exact) mass is 264 g/mol. The first-order chi connectivity index (χ1) is 8.99. The molecule has 1 rings (SSSR count). The topological polar surface area (TPSA) is 43.8 Å². The Morgan fingerprint density at radius 2 is 1.89 bits per heavy atom. The number of aliphatic hydroxyl groups excluding tert-OH is 1. The molecule has 0 fully saturated rings. The fourth-order valence-electron chi connectivity index (χ4n) is 1.78. The first kappa shape index (κ1) is 15.7. The van der Waals surface area contributed by atoms with Gasteiger partial charge in [-0.3, -0.25) is 9.69 Å². The number of aliphatic hydroxyl groups is 1. The van der Waals surface area contributed by atoms with Gasteiger partial charge >= 0.3 is 0 Å². The molecule has 0 spiro atoms. The SMILES string of the molecule is CC(O)CCN(C)CC(=O)N(C)Cc1ccccc1. The molecule has 0 saturated carbocycles. The van der Waals surface area contributed by atoms with Gasteiger partial charge in [-0.15, -0.1) is 0 Å². The summed E-state index contributed by atoms with van der Waals surface area (Å²) in [4.78, 5) is 15.7. The molecule has 0 saturated heterocycles. The lowest BCUT2D eigenvalue weighted by molar-refractivity contribution is -0.131. The van der Waals surface area contributed by atoms with Crippen molar-refractivity contribution >= 4 is 5.91 Å². The van der Waals surface area contributed by atoms with Crippen LogP contribution in [0.25, 0.3) is 0 Å². The number of amides is 1. The molecule has 0 radical (unpaired) electrons. The maximum atomic E-state index is 12.0. The quantitative estimate of drug-likeness (QED) is 0.808. The Bertz CT molecular complexity index is 379. The second-order valence-electron chi connectivity index (χ2n) is 5.11. The van der Waals surface area contributed by atoms with E-state index in [9.17, 15) is 9.90 Å². The smallest absolute Gasteiger partial charge is 0.236 e. The van der Waals surface area contributed by atoms with E-state index in [-0.39, 0.29) is 12.0 Å². The maximum absolute atomic E-state index is 12.0. The summed E-state index contributed by atoms with van der Waals surface area (Å²) in [5.74, 6) is 0.0944. The molecule has 1 aromatic rings. The number of rotatable bonds is 7. The lowest BCUT2D eigenvalue weighted by Crippen LogP contribution is -2.37. The summed E-state index contributed by atoms with van der Waals surface area (Å²) in [5.41, 5.74) is 1.13. The van der Waals surface area contributed by atoms with Crippen molar-refractivity contribution in [2.75, 3.05) is 27.2 Å². The number of carbonyl (C=O) groups is 1. The molecule has 0 aliphatic rings. The predicted octanol–water partition coefficient (Wildman–Crippen LogP) is 1.35. The van der Waals surface area contributed by atoms with Gasteiger partial charge in [0.15, 0.2) is 0 Å². The van der Waals surface area contributed by atoms with E-state index < -0.39 is 0 Å². The molecule has 1 N–H and O–H groups in total. The number of benzene rings is 1. The largest absolute Gasteiger partial charge is 0.393 e. The molecule has 0 bridgehead atoms. The van der Waals surface area contributed by atoms with Crippen LogP contribution in [0.5, 0.6) is 0 Å². The van der Waals surface area contributed by atoms with E-state index in [4.69, 9.17) is 0 Å². The van der Waals surface area contributed by atoms with Gasteiger partial charge in [-0.25, -0.2) is 0 Å². The highest BCUT2D eigenvalue weighted by Gasteiger charge is 2.12. The van der Waals surface area contributed by atoms with E-state index in [0.29, 0.717) is 19.5 Å². The first-order valence-electron chi connectivity index (χ1n) is 6.63. The van der Waals surface area contributed by atoms with Crippen molar-refractivity contribution in [3.05, 3.63) is 35.9 Å². The van der Waals surface area contributed by atoms with Crippen LogP contribution in [0.1, 0.15) is 18.9 Å². The van der Waals surface area contributed by atoms with Crippen molar-refractivity contribution in [3.8, 4) is 0 Å². The van der Waals surface area contributed by atoms with Gasteiger partial charge in [0.1, 0.15) is 0 Å². The minimum Gasteiger partial charge on any atom is -0.393 e. The Morgan fingerprint density at radius 1 is 1.26 bits per heavy atom. The Hall–Kier alpha value is -1.39. The summed E-state index contributed by atoms with van der Waals surface area (Å²) in [5, 5.41) is 9.22. The summed E-state index contributed by atoms with van der Waals surface area (Å²) in [6, 6.07) is 9.95. The summed E-state index contributed by atoms with van der Waals surface area (Å²) >= 11 is 0. The third-order valence-corrected chi connectivity index (χ3v) is 3.02. The number of likely N-dealkylation sites (N-methyl/N-ethyl adjacent to an activating group) is 2. The van der Waals surface area contributed by atoms with E-state index >= 15 is 0 Å². The van der Waals surface area contributed by atoms with Gasteiger partial charge < -0.3 is 10.0 Å². The molecule has 106 valence electrons. The zero-order chi connectivity index (χ0) is 14.3. The number of hydrogen-bond acceptors (Lipinski definition) is 3. The van der Waals surface area contributed by atoms with Crippen LogP contribution in [0.15, 0.2) is 30.3 Å². The van der Waals surface area contributed by atoms with E-state index in [1.807, 2.05) is 49.3 Å². The second kappa shape index (κ2) is 7.92. The van der Waals surface area contributed by atoms with Crippen molar-refractivity contribution in [1.29, 1.82) is 0 Å². The van der Waals surface area contributed by atoms with Crippen LogP contribution in [0.3, 0.4) is 0 Å². The molecule has 19 heavy (non-hydrogen) atoms. The fraction of sp³-hybridized carbons (Fsp3) is 0.533. The fourth-order valence-corrected chi connectivity index (χ4v) is 1.78. The highest BCUT2D eigenvalue weighted by molar-refractivity contribution is 5.77. The van der Waals surface area contributed by atoms with E-state index in [0.717, 1.165) is 12.1 Å². The maximum Gasteiger partial charge on any atom is 0.236 e. The van der Waals surface area contributed by atoms with Crippen molar-refractivity contribution in [2.45, 2.75) is 26.0 Å². The molecular weight excluding hydrogens is 240 g/mol. The summed E-state index contributed by atoms with van der Waals surface area (Å²) in [7, 11) is 3.72. The molecule has 4 nitrogen and oxygen atoms in total. The average molecular weight is 264 g/mol. The Kier molecular flexibility index (Phi) is 6.53. The Balaban J connectivity index is 2.36. The minimum absolute atomic E-state index is 0.0944. The molecular formula is C15H24N2O2. The van der Waals surface area contributed by atoms with Crippen molar-refractivity contribution in [3.63, 3.8) is 0 Å². The Morgan fingerprint density at radius 3 is 2.47 bits per heavy atom. The van der Waals surface area contributed by atoms with Gasteiger partial charge in [0, 0.05) is 20.1 Å². The predicted molar refractivity (Wildman–Crippen MR) is 76.7 cm³/mol. The third kappa shape index (κ3) is 6.36. The highest BCUT2D eigenvalue weighted by atomic mass is 16.3. The van der Waals surface area contributed by atoms with Crippen molar-refractivity contribution in [1.82, 2.24) is 9.80 Å². The zero-order valence-corrected chi connectivity index (χ0v) is 12.0. The molecule has 1 atom stereocenters. The molecule has 4 heteroatoms. The molecule has 0 aliphatic heterocycles. The van der Waals surface area contributed by atoms with Gasteiger partial charge in [-0.1, -0.05) is 30.3 Å². The standard InChI is InChI=1S/C15H24N2O2/c1-13(18)9-10-16(2)12-15(19)17(3)11-14-7-5-4-6-8-14/h4-8,13,18H,9-12H2,1-3H3. The minimum atomic E-state index is -0.320. The normalized spacial score (nSPS) is 12.5. The summed E-state index contributed by atoms with van der Waals surface area (Å²) in [6.07, 6.45) is 0.367.